The van der Waals surface area contributed by atoms with Gasteiger partial charge in [-0.3, -0.25) is 19.7 Å². The summed E-state index contributed by atoms with van der Waals surface area (Å²) in [5, 5.41) is 22.8. The van der Waals surface area contributed by atoms with E-state index >= 15 is 0 Å². The van der Waals surface area contributed by atoms with Gasteiger partial charge in [0.15, 0.2) is 11.3 Å². The number of methoxy groups -OCH3 is 1. The molecule has 0 aromatic heterocycles. The Labute approximate surface area is 208 Å². The molecule has 0 bridgehead atoms. The topological polar surface area (TPSA) is 119 Å². The highest BCUT2D eigenvalue weighted by Crippen LogP contribution is 2.37. The lowest BCUT2D eigenvalue weighted by Crippen LogP contribution is -2.58. The molecule has 3 aromatic rings. The number of carbonyl (C=O) groups is 2. The van der Waals surface area contributed by atoms with Crippen LogP contribution >= 0.6 is 0 Å². The molecule has 1 aliphatic carbocycles. The van der Waals surface area contributed by atoms with Gasteiger partial charge in [-0.15, -0.1) is 0 Å². The van der Waals surface area contributed by atoms with Gasteiger partial charge in [0.1, 0.15) is 0 Å². The van der Waals surface area contributed by atoms with Gasteiger partial charge in [-0.1, -0.05) is 54.1 Å². The minimum absolute atomic E-state index is 0.00955. The lowest BCUT2D eigenvalue weighted by molar-refractivity contribution is -0.385. The quantitative estimate of drug-likeness (QED) is 0.353. The molecule has 36 heavy (non-hydrogen) atoms. The van der Waals surface area contributed by atoms with E-state index in [4.69, 9.17) is 9.57 Å². The third kappa shape index (κ3) is 4.78. The number of benzene rings is 3. The second kappa shape index (κ2) is 10.2. The Hall–Kier alpha value is -4.24. The lowest BCUT2D eigenvalue weighted by Gasteiger charge is -2.36. The monoisotopic (exact) mass is 490 g/mol. The normalized spacial score (nSPS) is 13.6. The SMILES string of the molecule is COc1ccc(C(=O)N(OCCc2cccc(C)c2)C2(C(=O)O)Cc3ccccc3C2)cc1[N+](=O)[O-]. The van der Waals surface area contributed by atoms with Crippen molar-refractivity contribution in [1.29, 1.82) is 0 Å². The van der Waals surface area contributed by atoms with Crippen molar-refractivity contribution in [2.45, 2.75) is 31.7 Å². The molecule has 1 aliphatic rings. The van der Waals surface area contributed by atoms with E-state index < -0.39 is 28.0 Å². The molecule has 3 aromatic carbocycles. The average Bonchev–Trinajstić information content (AvgIpc) is 3.26. The van der Waals surface area contributed by atoms with E-state index in [0.717, 1.165) is 33.4 Å². The van der Waals surface area contributed by atoms with Crippen LogP contribution in [0.4, 0.5) is 5.69 Å². The summed E-state index contributed by atoms with van der Waals surface area (Å²) in [7, 11) is 1.29. The highest BCUT2D eigenvalue weighted by atomic mass is 16.7. The van der Waals surface area contributed by atoms with Crippen LogP contribution in [0.15, 0.2) is 66.7 Å². The second-order valence-corrected chi connectivity index (χ2v) is 8.77. The fourth-order valence-corrected chi connectivity index (χ4v) is 4.56. The number of ether oxygens (including phenoxy) is 1. The van der Waals surface area contributed by atoms with Crippen molar-refractivity contribution < 1.29 is 29.2 Å². The van der Waals surface area contributed by atoms with Crippen LogP contribution in [-0.2, 0) is 28.9 Å². The van der Waals surface area contributed by atoms with Crippen LogP contribution in [0.5, 0.6) is 5.75 Å². The number of amides is 1. The molecule has 1 amide bonds. The molecule has 0 aliphatic heterocycles. The van der Waals surface area contributed by atoms with Crippen LogP contribution in [-0.4, -0.2) is 46.2 Å². The maximum Gasteiger partial charge on any atom is 0.332 e. The highest BCUT2D eigenvalue weighted by Gasteiger charge is 2.52. The third-order valence-electron chi connectivity index (χ3n) is 6.37. The van der Waals surface area contributed by atoms with Crippen molar-refractivity contribution in [3.05, 3.63) is 105 Å². The summed E-state index contributed by atoms with van der Waals surface area (Å²) in [5.41, 5.74) is 1.47. The molecule has 9 heteroatoms. The van der Waals surface area contributed by atoms with Crippen molar-refractivity contribution in [1.82, 2.24) is 5.06 Å². The highest BCUT2D eigenvalue weighted by molar-refractivity contribution is 5.98. The van der Waals surface area contributed by atoms with Gasteiger partial charge in [-0.2, -0.15) is 5.06 Å². The Morgan fingerprint density at radius 2 is 1.75 bits per heavy atom. The number of carboxylic acids is 1. The summed E-state index contributed by atoms with van der Waals surface area (Å²) >= 11 is 0. The molecule has 4 rings (SSSR count). The van der Waals surface area contributed by atoms with Crippen molar-refractivity contribution >= 4 is 17.6 Å². The zero-order valence-corrected chi connectivity index (χ0v) is 20.0. The molecule has 0 fully saturated rings. The molecule has 0 heterocycles. The van der Waals surface area contributed by atoms with Gasteiger partial charge in [-0.05, 0) is 42.2 Å². The van der Waals surface area contributed by atoms with Crippen LogP contribution in [0.25, 0.3) is 0 Å². The first-order chi connectivity index (χ1) is 17.2. The second-order valence-electron chi connectivity index (χ2n) is 8.77. The number of carboxylic acid groups (broad SMARTS) is 1. The number of rotatable bonds is 9. The molecular formula is C27H26N2O7. The number of hydroxylamine groups is 2. The Morgan fingerprint density at radius 1 is 1.06 bits per heavy atom. The summed E-state index contributed by atoms with van der Waals surface area (Å²) in [6.45, 7) is 2.00. The van der Waals surface area contributed by atoms with E-state index in [1.807, 2.05) is 55.5 Å². The summed E-state index contributed by atoms with van der Waals surface area (Å²) in [5.74, 6) is -2.00. The van der Waals surface area contributed by atoms with Crippen LogP contribution in [0.1, 0.15) is 32.6 Å². The average molecular weight is 491 g/mol. The van der Waals surface area contributed by atoms with Gasteiger partial charge in [0.25, 0.3) is 5.91 Å². The van der Waals surface area contributed by atoms with Gasteiger partial charge in [0, 0.05) is 24.5 Å². The van der Waals surface area contributed by atoms with Crippen molar-refractivity contribution in [3.63, 3.8) is 0 Å². The zero-order chi connectivity index (χ0) is 25.9. The van der Waals surface area contributed by atoms with Crippen molar-refractivity contribution in [2.24, 2.45) is 0 Å². The van der Waals surface area contributed by atoms with Gasteiger partial charge < -0.3 is 9.84 Å². The number of nitro groups is 1. The first-order valence-corrected chi connectivity index (χ1v) is 11.4. The molecule has 0 unspecified atom stereocenters. The molecule has 0 radical (unpaired) electrons. The molecular weight excluding hydrogens is 464 g/mol. The van der Waals surface area contributed by atoms with E-state index in [9.17, 15) is 24.8 Å². The number of aliphatic carboxylic acids is 1. The third-order valence-corrected chi connectivity index (χ3v) is 6.37. The van der Waals surface area contributed by atoms with Crippen LogP contribution in [0, 0.1) is 17.0 Å². The largest absolute Gasteiger partial charge is 0.490 e. The van der Waals surface area contributed by atoms with E-state index in [-0.39, 0.29) is 30.8 Å². The van der Waals surface area contributed by atoms with Crippen molar-refractivity contribution in [3.8, 4) is 5.75 Å². The fourth-order valence-electron chi connectivity index (χ4n) is 4.56. The van der Waals surface area contributed by atoms with Gasteiger partial charge in [0.2, 0.25) is 0 Å². The standard InChI is InChI=1S/C27H26N2O7/c1-18-6-5-7-19(14-18)12-13-36-28(25(30)20-10-11-24(35-2)23(15-20)29(33)34)27(26(31)32)16-21-8-3-4-9-22(21)17-27/h3-11,14-15H,12-13,16-17H2,1-2H3,(H,31,32). The van der Waals surface area contributed by atoms with E-state index in [1.165, 1.54) is 19.2 Å². The predicted octanol–water partition coefficient (Wildman–Crippen LogP) is 4.15. The molecule has 9 nitrogen and oxygen atoms in total. The lowest BCUT2D eigenvalue weighted by atomic mass is 9.94. The number of hydrogen-bond donors (Lipinski definition) is 1. The van der Waals surface area contributed by atoms with E-state index in [2.05, 4.69) is 0 Å². The number of nitrogens with zero attached hydrogens (tertiary/aromatic N) is 2. The minimum atomic E-state index is -1.71. The fraction of sp³-hybridized carbons (Fsp3) is 0.259. The van der Waals surface area contributed by atoms with Gasteiger partial charge >= 0.3 is 11.7 Å². The molecule has 0 saturated heterocycles. The first-order valence-electron chi connectivity index (χ1n) is 11.4. The Morgan fingerprint density at radius 3 is 2.33 bits per heavy atom. The maximum absolute atomic E-state index is 13.7. The maximum atomic E-state index is 13.7. The van der Waals surface area contributed by atoms with E-state index in [0.29, 0.717) is 6.42 Å². The van der Waals surface area contributed by atoms with Crippen LogP contribution in [0.3, 0.4) is 0 Å². The predicted molar refractivity (Wildman–Crippen MR) is 131 cm³/mol. The molecule has 0 atom stereocenters. The summed E-state index contributed by atoms with van der Waals surface area (Å²) in [6.07, 6.45) is 0.538. The summed E-state index contributed by atoms with van der Waals surface area (Å²) in [4.78, 5) is 43.3. The number of nitro benzene ring substituents is 1. The Kier molecular flexibility index (Phi) is 7.03. The molecule has 186 valence electrons. The van der Waals surface area contributed by atoms with Crippen LogP contribution in [0.2, 0.25) is 0 Å². The zero-order valence-electron chi connectivity index (χ0n) is 20.0. The smallest absolute Gasteiger partial charge is 0.332 e. The molecule has 1 N–H and O–H groups in total. The molecule has 0 spiro atoms. The van der Waals surface area contributed by atoms with Gasteiger partial charge in [-0.25, -0.2) is 4.79 Å². The van der Waals surface area contributed by atoms with E-state index in [1.54, 1.807) is 0 Å². The summed E-state index contributed by atoms with van der Waals surface area (Å²) in [6, 6.07) is 18.8. The molecule has 0 saturated carbocycles. The number of aryl methyl sites for hydroxylation is 1. The number of fused-ring (bicyclic) bond motifs is 1. The van der Waals surface area contributed by atoms with Gasteiger partial charge in [0.05, 0.1) is 18.6 Å². The number of hydrogen-bond acceptors (Lipinski definition) is 6. The first kappa shape index (κ1) is 24.9. The summed E-state index contributed by atoms with van der Waals surface area (Å²) < 4.78 is 5.03. The minimum Gasteiger partial charge on any atom is -0.490 e. The van der Waals surface area contributed by atoms with Crippen molar-refractivity contribution in [2.75, 3.05) is 13.7 Å². The Bertz CT molecular complexity index is 1300. The van der Waals surface area contributed by atoms with Crippen LogP contribution < -0.4 is 4.74 Å². The Balaban J connectivity index is 1.71. The number of carbonyl (C=O) groups excluding carboxylic acids is 1.